The predicted molar refractivity (Wildman–Crippen MR) is 118 cm³/mol. The summed E-state index contributed by atoms with van der Waals surface area (Å²) in [7, 11) is 0. The summed E-state index contributed by atoms with van der Waals surface area (Å²) in [5.74, 6) is -4.83. The molecule has 174 valence electrons. The van der Waals surface area contributed by atoms with Crippen LogP contribution in [0, 0.1) is 17.8 Å². The number of aliphatic carboxylic acids is 1. The van der Waals surface area contributed by atoms with E-state index in [1.807, 2.05) is 6.08 Å². The van der Waals surface area contributed by atoms with Gasteiger partial charge >= 0.3 is 5.97 Å². The van der Waals surface area contributed by atoms with Crippen LogP contribution in [0.1, 0.15) is 37.7 Å². The Morgan fingerprint density at radius 1 is 1.12 bits per heavy atom. The molecule has 0 bridgehead atoms. The minimum atomic E-state index is -1.10. The molecule has 8 heteroatoms. The molecule has 0 spiro atoms. The number of amides is 2. The van der Waals surface area contributed by atoms with Crippen LogP contribution >= 0.6 is 0 Å². The Morgan fingerprint density at radius 2 is 1.88 bits per heavy atom. The van der Waals surface area contributed by atoms with Crippen LogP contribution in [0.5, 0.6) is 5.75 Å². The van der Waals surface area contributed by atoms with Gasteiger partial charge in [0, 0.05) is 29.2 Å². The molecule has 4 atom stereocenters. The van der Waals surface area contributed by atoms with Crippen molar-refractivity contribution in [3.8, 4) is 5.75 Å². The third kappa shape index (κ3) is 3.24. The number of phenols is 1. The van der Waals surface area contributed by atoms with Crippen molar-refractivity contribution in [2.45, 2.75) is 32.1 Å². The van der Waals surface area contributed by atoms with Gasteiger partial charge in [0.25, 0.3) is 0 Å². The molecule has 5 rings (SSSR count). The molecule has 34 heavy (non-hydrogen) atoms. The van der Waals surface area contributed by atoms with Crippen LogP contribution in [-0.4, -0.2) is 51.0 Å². The number of aromatic hydroxyl groups is 1. The molecule has 0 aromatic heterocycles. The molecule has 1 aliphatic heterocycles. The summed E-state index contributed by atoms with van der Waals surface area (Å²) >= 11 is 0. The number of ketones is 2. The van der Waals surface area contributed by atoms with E-state index in [2.05, 4.69) is 0 Å². The van der Waals surface area contributed by atoms with Gasteiger partial charge in [-0.3, -0.25) is 28.9 Å². The highest BCUT2D eigenvalue weighted by molar-refractivity contribution is 6.23. The first-order valence-electron chi connectivity index (χ1n) is 11.2. The lowest BCUT2D eigenvalue weighted by molar-refractivity contribution is -0.142. The lowest BCUT2D eigenvalue weighted by Crippen LogP contribution is -2.40. The van der Waals surface area contributed by atoms with Crippen LogP contribution in [0.15, 0.2) is 58.7 Å². The van der Waals surface area contributed by atoms with Crippen LogP contribution in [0.25, 0.3) is 0 Å². The van der Waals surface area contributed by atoms with Crippen molar-refractivity contribution < 1.29 is 34.2 Å². The number of benzene rings is 1. The molecule has 1 aromatic rings. The largest absolute Gasteiger partial charge is 0.508 e. The zero-order valence-electron chi connectivity index (χ0n) is 18.5. The lowest BCUT2D eigenvalue weighted by Gasteiger charge is -2.42. The number of likely N-dealkylation sites (tertiary alicyclic amines) is 1. The van der Waals surface area contributed by atoms with Crippen LogP contribution in [0.4, 0.5) is 0 Å². The molecule has 1 aromatic carbocycles. The van der Waals surface area contributed by atoms with Gasteiger partial charge in [0.2, 0.25) is 11.8 Å². The molecule has 0 saturated carbocycles. The molecule has 3 aliphatic carbocycles. The maximum absolute atomic E-state index is 13.3. The number of imide groups is 1. The monoisotopic (exact) mass is 461 g/mol. The summed E-state index contributed by atoms with van der Waals surface area (Å²) in [4.78, 5) is 64.6. The van der Waals surface area contributed by atoms with Crippen LogP contribution in [0.2, 0.25) is 0 Å². The fourth-order valence-electron chi connectivity index (χ4n) is 5.94. The number of phenolic OH excluding ortho intramolecular Hbond substituents is 1. The second kappa shape index (κ2) is 7.90. The van der Waals surface area contributed by atoms with E-state index < -0.39 is 35.5 Å². The maximum Gasteiger partial charge on any atom is 0.305 e. The highest BCUT2D eigenvalue weighted by Crippen LogP contribution is 2.55. The van der Waals surface area contributed by atoms with Crippen molar-refractivity contribution in [1.29, 1.82) is 0 Å². The average Bonchev–Trinajstić information content (AvgIpc) is 3.04. The summed E-state index contributed by atoms with van der Waals surface area (Å²) in [6.07, 6.45) is 3.33. The Balaban J connectivity index is 1.62. The topological polar surface area (TPSA) is 129 Å². The molecule has 0 radical (unpaired) electrons. The van der Waals surface area contributed by atoms with Gasteiger partial charge in [0.05, 0.1) is 18.3 Å². The number of Topliss-reactive ketones (excluding diaryl/α,β-unsaturated/α-hetero) is 1. The van der Waals surface area contributed by atoms with Crippen molar-refractivity contribution in [3.63, 3.8) is 0 Å². The van der Waals surface area contributed by atoms with Crippen molar-refractivity contribution in [1.82, 2.24) is 4.90 Å². The van der Waals surface area contributed by atoms with Crippen molar-refractivity contribution in [3.05, 3.63) is 64.3 Å². The van der Waals surface area contributed by atoms with Gasteiger partial charge in [0.1, 0.15) is 5.75 Å². The summed E-state index contributed by atoms with van der Waals surface area (Å²) in [6, 6.07) is 6.51. The first kappa shape index (κ1) is 22.0. The molecule has 1 heterocycles. The molecule has 8 nitrogen and oxygen atoms in total. The zero-order chi connectivity index (χ0) is 24.3. The third-order valence-electron chi connectivity index (χ3n) is 7.41. The van der Waals surface area contributed by atoms with Gasteiger partial charge < -0.3 is 10.2 Å². The van der Waals surface area contributed by atoms with E-state index in [0.29, 0.717) is 28.7 Å². The number of rotatable bonds is 4. The quantitative estimate of drug-likeness (QED) is 0.400. The van der Waals surface area contributed by atoms with E-state index in [0.717, 1.165) is 10.5 Å². The average molecular weight is 461 g/mol. The van der Waals surface area contributed by atoms with Gasteiger partial charge in [-0.1, -0.05) is 23.8 Å². The fourth-order valence-corrected chi connectivity index (χ4v) is 5.94. The van der Waals surface area contributed by atoms with Crippen LogP contribution < -0.4 is 0 Å². The van der Waals surface area contributed by atoms with E-state index in [4.69, 9.17) is 5.11 Å². The van der Waals surface area contributed by atoms with E-state index in [1.54, 1.807) is 25.1 Å². The van der Waals surface area contributed by atoms with Gasteiger partial charge in [-0.15, -0.1) is 0 Å². The molecular formula is C26H23NO7. The SMILES string of the molecule is CC1=CC(=O)C2=C(C1=O)[C@@H](c1cccc(O)c1)C1=CC[C@@H]3C(=O)N(CCC(=O)O)C(=O)[C@@H]3[C@@H]1C2. The number of carboxylic acids is 1. The molecule has 2 amide bonds. The molecule has 1 saturated heterocycles. The molecule has 0 unspecified atom stereocenters. The first-order valence-corrected chi connectivity index (χ1v) is 11.2. The number of fused-ring (bicyclic) bond motifs is 3. The number of allylic oxidation sites excluding steroid dienone is 6. The van der Waals surface area contributed by atoms with E-state index in [1.165, 1.54) is 12.1 Å². The van der Waals surface area contributed by atoms with Crippen molar-refractivity contribution in [2.24, 2.45) is 17.8 Å². The Labute approximate surface area is 195 Å². The zero-order valence-corrected chi connectivity index (χ0v) is 18.5. The van der Waals surface area contributed by atoms with Gasteiger partial charge in [-0.25, -0.2) is 0 Å². The van der Waals surface area contributed by atoms with Gasteiger partial charge in [-0.2, -0.15) is 0 Å². The van der Waals surface area contributed by atoms with Crippen LogP contribution in [0.3, 0.4) is 0 Å². The summed E-state index contributed by atoms with van der Waals surface area (Å²) in [6.45, 7) is 1.41. The molecule has 4 aliphatic rings. The Bertz CT molecular complexity index is 1270. The summed E-state index contributed by atoms with van der Waals surface area (Å²) in [5, 5.41) is 19.1. The Hall–Kier alpha value is -3.81. The number of nitrogens with zero attached hydrogens (tertiary/aromatic N) is 1. The predicted octanol–water partition coefficient (Wildman–Crippen LogP) is 2.30. The fraction of sp³-hybridized carbons (Fsp3) is 0.346. The van der Waals surface area contributed by atoms with Gasteiger partial charge in [-0.05, 0) is 49.5 Å². The summed E-state index contributed by atoms with van der Waals surface area (Å²) < 4.78 is 0. The number of hydrogen-bond acceptors (Lipinski definition) is 6. The van der Waals surface area contributed by atoms with E-state index in [-0.39, 0.29) is 42.6 Å². The van der Waals surface area contributed by atoms with Crippen molar-refractivity contribution in [2.75, 3.05) is 6.54 Å². The molecule has 2 N–H and O–H groups in total. The standard InChI is InChI=1S/C26H23NO7/c1-12-9-19(29)18-11-17-15(21(23(18)24(12)32)13-3-2-4-14(28)10-13)5-6-16-22(17)26(34)27(25(16)33)8-7-20(30)31/h2-5,9-10,16-17,21-22,28H,6-8,11H2,1H3,(H,30,31)/t16-,17+,21-,22-/m0/s1. The van der Waals surface area contributed by atoms with Crippen LogP contribution in [-0.2, 0) is 24.0 Å². The number of carbonyl (C=O) groups excluding carboxylic acids is 4. The highest BCUT2D eigenvalue weighted by atomic mass is 16.4. The number of carbonyl (C=O) groups is 5. The number of carboxylic acid groups (broad SMARTS) is 1. The van der Waals surface area contributed by atoms with E-state index in [9.17, 15) is 29.1 Å². The Morgan fingerprint density at radius 3 is 2.59 bits per heavy atom. The van der Waals surface area contributed by atoms with Gasteiger partial charge in [0.15, 0.2) is 11.6 Å². The first-order chi connectivity index (χ1) is 16.2. The van der Waals surface area contributed by atoms with Crippen molar-refractivity contribution >= 4 is 29.4 Å². The number of hydrogen-bond donors (Lipinski definition) is 2. The lowest BCUT2D eigenvalue weighted by atomic mass is 9.59. The highest BCUT2D eigenvalue weighted by Gasteiger charge is 2.56. The maximum atomic E-state index is 13.3. The van der Waals surface area contributed by atoms with E-state index >= 15 is 0 Å². The summed E-state index contributed by atoms with van der Waals surface area (Å²) in [5.41, 5.74) is 2.49. The minimum Gasteiger partial charge on any atom is -0.508 e. The third-order valence-corrected chi connectivity index (χ3v) is 7.41. The smallest absolute Gasteiger partial charge is 0.305 e. The molecule has 1 fully saturated rings. The second-order valence-corrected chi connectivity index (χ2v) is 9.30. The second-order valence-electron chi connectivity index (χ2n) is 9.30. The normalized spacial score (nSPS) is 28.3. The minimum absolute atomic E-state index is 0.0184. The molecular weight excluding hydrogens is 438 g/mol. The Kier molecular flexibility index (Phi) is 5.11.